The lowest BCUT2D eigenvalue weighted by atomic mass is 10.0. The van der Waals surface area contributed by atoms with Crippen LogP contribution in [0.4, 0.5) is 5.69 Å². The van der Waals surface area contributed by atoms with E-state index >= 15 is 0 Å². The Bertz CT molecular complexity index is 724. The van der Waals surface area contributed by atoms with Crippen molar-refractivity contribution in [2.45, 2.75) is 32.8 Å². The quantitative estimate of drug-likeness (QED) is 0.859. The first-order valence-electron chi connectivity index (χ1n) is 8.30. The van der Waals surface area contributed by atoms with Crippen molar-refractivity contribution in [2.24, 2.45) is 0 Å². The highest BCUT2D eigenvalue weighted by atomic mass is 16.5. The van der Waals surface area contributed by atoms with Crippen molar-refractivity contribution in [3.8, 4) is 11.5 Å². The molecule has 1 aliphatic heterocycles. The molecule has 0 N–H and O–H groups in total. The molecule has 1 atom stereocenters. The molecule has 0 saturated carbocycles. The van der Waals surface area contributed by atoms with Crippen LogP contribution in [0.3, 0.4) is 0 Å². The van der Waals surface area contributed by atoms with E-state index in [9.17, 15) is 4.79 Å². The number of anilines is 1. The molecule has 0 spiro atoms. The molecule has 2 aromatic rings. The van der Waals surface area contributed by atoms with Gasteiger partial charge < -0.3 is 14.4 Å². The van der Waals surface area contributed by atoms with E-state index in [0.29, 0.717) is 5.75 Å². The van der Waals surface area contributed by atoms with Crippen LogP contribution >= 0.6 is 0 Å². The van der Waals surface area contributed by atoms with E-state index in [2.05, 4.69) is 0 Å². The van der Waals surface area contributed by atoms with Crippen LogP contribution < -0.4 is 14.4 Å². The number of hydrogen-bond donors (Lipinski definition) is 0. The number of fused-ring (bicyclic) bond motifs is 1. The Morgan fingerprint density at radius 3 is 2.54 bits per heavy atom. The first-order chi connectivity index (χ1) is 11.6. The summed E-state index contributed by atoms with van der Waals surface area (Å²) < 4.78 is 11.1. The Labute approximate surface area is 143 Å². The van der Waals surface area contributed by atoms with Crippen molar-refractivity contribution >= 4 is 11.6 Å². The third-order valence-electron chi connectivity index (χ3n) is 4.35. The third-order valence-corrected chi connectivity index (χ3v) is 4.35. The Morgan fingerprint density at radius 2 is 1.83 bits per heavy atom. The van der Waals surface area contributed by atoms with E-state index in [0.717, 1.165) is 36.4 Å². The summed E-state index contributed by atoms with van der Waals surface area (Å²) in [5, 5.41) is 0. The van der Waals surface area contributed by atoms with Gasteiger partial charge in [0.1, 0.15) is 11.5 Å². The van der Waals surface area contributed by atoms with Crippen molar-refractivity contribution in [1.82, 2.24) is 0 Å². The molecule has 0 saturated heterocycles. The lowest BCUT2D eigenvalue weighted by molar-refractivity contribution is -0.124. The summed E-state index contributed by atoms with van der Waals surface area (Å²) in [6.07, 6.45) is 1.38. The Morgan fingerprint density at radius 1 is 1.12 bits per heavy atom. The smallest absolute Gasteiger partial charge is 0.267 e. The zero-order valence-corrected chi connectivity index (χ0v) is 14.4. The number of amides is 1. The van der Waals surface area contributed by atoms with Crippen LogP contribution in [0.1, 0.15) is 24.5 Å². The number of carbonyl (C=O) groups is 1. The Balaban J connectivity index is 1.77. The summed E-state index contributed by atoms with van der Waals surface area (Å²) in [4.78, 5) is 14.7. The molecule has 0 fully saturated rings. The summed E-state index contributed by atoms with van der Waals surface area (Å²) in [6.45, 7) is 4.55. The molecule has 1 aliphatic rings. The van der Waals surface area contributed by atoms with Crippen molar-refractivity contribution < 1.29 is 14.3 Å². The second kappa shape index (κ2) is 6.95. The summed E-state index contributed by atoms with van der Waals surface area (Å²) in [5.41, 5.74) is 3.28. The molecule has 0 aliphatic carbocycles. The number of ether oxygens (including phenoxy) is 2. The highest BCUT2D eigenvalue weighted by Gasteiger charge is 2.27. The lowest BCUT2D eigenvalue weighted by Crippen LogP contribution is -2.43. The highest BCUT2D eigenvalue weighted by Crippen LogP contribution is 2.31. The summed E-state index contributed by atoms with van der Waals surface area (Å²) in [6, 6.07) is 13.6. The van der Waals surface area contributed by atoms with Gasteiger partial charge in [0.05, 0.1) is 7.11 Å². The van der Waals surface area contributed by atoms with Crippen molar-refractivity contribution in [3.63, 3.8) is 0 Å². The van der Waals surface area contributed by atoms with Gasteiger partial charge in [-0.05, 0) is 62.6 Å². The van der Waals surface area contributed by atoms with Gasteiger partial charge in [0.2, 0.25) is 0 Å². The summed E-state index contributed by atoms with van der Waals surface area (Å²) >= 11 is 0. The summed E-state index contributed by atoms with van der Waals surface area (Å²) in [7, 11) is 1.66. The summed E-state index contributed by atoms with van der Waals surface area (Å²) in [5.74, 6) is 1.53. The minimum absolute atomic E-state index is 0.0123. The zero-order valence-electron chi connectivity index (χ0n) is 14.4. The molecular formula is C20H23NO3. The molecule has 4 nitrogen and oxygen atoms in total. The van der Waals surface area contributed by atoms with Crippen molar-refractivity contribution in [2.75, 3.05) is 18.6 Å². The Hall–Kier alpha value is -2.49. The number of rotatable bonds is 4. The minimum atomic E-state index is -0.527. The molecule has 1 heterocycles. The monoisotopic (exact) mass is 325 g/mol. The fraction of sp³-hybridized carbons (Fsp3) is 0.350. The number of methoxy groups -OCH3 is 1. The molecule has 0 bridgehead atoms. The fourth-order valence-corrected chi connectivity index (χ4v) is 3.02. The number of hydrogen-bond acceptors (Lipinski definition) is 3. The van der Waals surface area contributed by atoms with Gasteiger partial charge in [-0.1, -0.05) is 17.7 Å². The van der Waals surface area contributed by atoms with Crippen LogP contribution in [0, 0.1) is 6.92 Å². The van der Waals surface area contributed by atoms with Gasteiger partial charge in [-0.25, -0.2) is 0 Å². The van der Waals surface area contributed by atoms with E-state index < -0.39 is 6.10 Å². The van der Waals surface area contributed by atoms with Gasteiger partial charge in [0, 0.05) is 12.2 Å². The molecule has 0 radical (unpaired) electrons. The third kappa shape index (κ3) is 3.37. The molecular weight excluding hydrogens is 302 g/mol. The molecule has 0 aromatic heterocycles. The maximum atomic E-state index is 12.9. The average Bonchev–Trinajstić information content (AvgIpc) is 2.62. The van der Waals surface area contributed by atoms with E-state index in [1.165, 1.54) is 5.56 Å². The number of carbonyl (C=O) groups excluding carboxylic acids is 1. The zero-order chi connectivity index (χ0) is 17.1. The van der Waals surface area contributed by atoms with Gasteiger partial charge >= 0.3 is 0 Å². The van der Waals surface area contributed by atoms with Crippen LogP contribution in [0.5, 0.6) is 11.5 Å². The normalized spacial score (nSPS) is 14.7. The molecule has 4 heteroatoms. The maximum absolute atomic E-state index is 12.9. The van der Waals surface area contributed by atoms with Crippen LogP contribution in [0.2, 0.25) is 0 Å². The van der Waals surface area contributed by atoms with Crippen molar-refractivity contribution in [1.29, 1.82) is 0 Å². The van der Waals surface area contributed by atoms with E-state index in [1.54, 1.807) is 14.0 Å². The van der Waals surface area contributed by atoms with Crippen LogP contribution in [0.25, 0.3) is 0 Å². The van der Waals surface area contributed by atoms with Crippen LogP contribution in [-0.4, -0.2) is 25.7 Å². The molecule has 126 valence electrons. The SMILES string of the molecule is COc1ccc2c(c1)CCCN2C(=O)C(C)Oc1ccc(C)cc1. The predicted octanol–water partition coefficient (Wildman–Crippen LogP) is 3.75. The molecule has 1 amide bonds. The molecule has 3 rings (SSSR count). The average molecular weight is 325 g/mol. The van der Waals surface area contributed by atoms with Gasteiger partial charge in [-0.3, -0.25) is 4.79 Å². The number of nitrogens with zero attached hydrogens (tertiary/aromatic N) is 1. The first kappa shape index (κ1) is 16.4. The molecule has 2 aromatic carbocycles. The highest BCUT2D eigenvalue weighted by molar-refractivity contribution is 5.97. The standard InChI is InChI=1S/C20H23NO3/c1-14-6-8-17(9-7-14)24-15(2)20(22)21-12-4-5-16-13-18(23-3)10-11-19(16)21/h6-11,13,15H,4-5,12H2,1-3H3. The van der Waals surface area contributed by atoms with E-state index in [4.69, 9.17) is 9.47 Å². The molecule has 24 heavy (non-hydrogen) atoms. The van der Waals surface area contributed by atoms with Gasteiger partial charge in [0.15, 0.2) is 6.10 Å². The predicted molar refractivity (Wildman–Crippen MR) is 94.9 cm³/mol. The Kier molecular flexibility index (Phi) is 4.74. The van der Waals surface area contributed by atoms with E-state index in [1.807, 2.05) is 54.3 Å². The van der Waals surface area contributed by atoms with Crippen molar-refractivity contribution in [3.05, 3.63) is 53.6 Å². The second-order valence-electron chi connectivity index (χ2n) is 6.16. The van der Waals surface area contributed by atoms with Crippen LogP contribution in [0.15, 0.2) is 42.5 Å². The second-order valence-corrected chi connectivity index (χ2v) is 6.16. The van der Waals surface area contributed by atoms with Gasteiger partial charge in [-0.2, -0.15) is 0 Å². The fourth-order valence-electron chi connectivity index (χ4n) is 3.02. The number of benzene rings is 2. The first-order valence-corrected chi connectivity index (χ1v) is 8.30. The van der Waals surface area contributed by atoms with Gasteiger partial charge in [-0.15, -0.1) is 0 Å². The largest absolute Gasteiger partial charge is 0.497 e. The lowest BCUT2D eigenvalue weighted by Gasteiger charge is -2.31. The van der Waals surface area contributed by atoms with E-state index in [-0.39, 0.29) is 5.91 Å². The topological polar surface area (TPSA) is 38.8 Å². The van der Waals surface area contributed by atoms with Crippen LogP contribution in [-0.2, 0) is 11.2 Å². The molecule has 1 unspecified atom stereocenters. The number of aryl methyl sites for hydroxylation is 2. The maximum Gasteiger partial charge on any atom is 0.267 e. The van der Waals surface area contributed by atoms with Gasteiger partial charge in [0.25, 0.3) is 5.91 Å². The minimum Gasteiger partial charge on any atom is -0.497 e.